The molecular formula is C18H29N3O3. The first-order valence-corrected chi connectivity index (χ1v) is 9.33. The zero-order valence-electron chi connectivity index (χ0n) is 14.8. The van der Waals surface area contributed by atoms with Crippen LogP contribution in [-0.4, -0.2) is 52.8 Å². The largest absolute Gasteiger partial charge is 0.342 e. The molecule has 134 valence electrons. The van der Waals surface area contributed by atoms with E-state index in [-0.39, 0.29) is 30.8 Å². The Labute approximate surface area is 143 Å². The lowest BCUT2D eigenvalue weighted by molar-refractivity contribution is -0.135. The number of imide groups is 1. The third-order valence-electron chi connectivity index (χ3n) is 5.72. The van der Waals surface area contributed by atoms with E-state index in [9.17, 15) is 14.4 Å². The number of hydrogen-bond acceptors (Lipinski definition) is 3. The topological polar surface area (TPSA) is 69.7 Å². The highest BCUT2D eigenvalue weighted by atomic mass is 16.2. The molecule has 24 heavy (non-hydrogen) atoms. The van der Waals surface area contributed by atoms with E-state index in [4.69, 9.17) is 0 Å². The Morgan fingerprint density at radius 1 is 1.12 bits per heavy atom. The molecule has 3 aliphatic rings. The second kappa shape index (κ2) is 6.73. The van der Waals surface area contributed by atoms with Gasteiger partial charge in [0, 0.05) is 26.1 Å². The summed E-state index contributed by atoms with van der Waals surface area (Å²) in [5, 5.41) is 2.90. The Kier molecular flexibility index (Phi) is 4.83. The minimum atomic E-state index is -0.688. The average Bonchev–Trinajstić information content (AvgIpc) is 2.75. The van der Waals surface area contributed by atoms with E-state index >= 15 is 0 Å². The molecule has 6 nitrogen and oxygen atoms in total. The van der Waals surface area contributed by atoms with Gasteiger partial charge in [-0.2, -0.15) is 0 Å². The van der Waals surface area contributed by atoms with Gasteiger partial charge in [-0.1, -0.05) is 33.1 Å². The molecule has 1 spiro atoms. The summed E-state index contributed by atoms with van der Waals surface area (Å²) >= 11 is 0. The summed E-state index contributed by atoms with van der Waals surface area (Å²) in [6.45, 7) is 6.10. The molecule has 0 bridgehead atoms. The summed E-state index contributed by atoms with van der Waals surface area (Å²) < 4.78 is 0. The summed E-state index contributed by atoms with van der Waals surface area (Å²) in [6, 6.07) is -0.324. The Morgan fingerprint density at radius 2 is 1.75 bits per heavy atom. The normalized spacial score (nSPS) is 29.9. The standard InChI is InChI=1S/C18H29N3O3/c1-13-10-14(2)12-20(11-13)15(22)6-9-21-16(23)18(19-17(21)24)7-4-3-5-8-18/h13-14H,3-12H2,1-2H3,(H,19,24)/t13-,14-/m1/s1. The number of carbonyl (C=O) groups is 3. The maximum absolute atomic E-state index is 12.7. The lowest BCUT2D eigenvalue weighted by Gasteiger charge is -2.35. The van der Waals surface area contributed by atoms with Gasteiger partial charge >= 0.3 is 6.03 Å². The molecule has 0 aromatic rings. The van der Waals surface area contributed by atoms with Gasteiger partial charge in [-0.25, -0.2) is 4.79 Å². The highest BCUT2D eigenvalue weighted by molar-refractivity contribution is 6.07. The van der Waals surface area contributed by atoms with Crippen molar-refractivity contribution in [1.82, 2.24) is 15.1 Å². The van der Waals surface area contributed by atoms with Gasteiger partial charge in [0.05, 0.1) is 0 Å². The second-order valence-electron chi connectivity index (χ2n) is 8.02. The number of piperidine rings is 1. The van der Waals surface area contributed by atoms with Crippen molar-refractivity contribution < 1.29 is 14.4 Å². The molecule has 0 radical (unpaired) electrons. The smallest absolute Gasteiger partial charge is 0.325 e. The van der Waals surface area contributed by atoms with Gasteiger partial charge in [0.15, 0.2) is 0 Å². The van der Waals surface area contributed by atoms with E-state index in [2.05, 4.69) is 19.2 Å². The molecular weight excluding hydrogens is 306 g/mol. The van der Waals surface area contributed by atoms with E-state index in [1.54, 1.807) is 0 Å². The van der Waals surface area contributed by atoms with Crippen molar-refractivity contribution >= 4 is 17.8 Å². The predicted molar refractivity (Wildman–Crippen MR) is 90.2 cm³/mol. The summed E-state index contributed by atoms with van der Waals surface area (Å²) in [6.07, 6.45) is 5.90. The van der Waals surface area contributed by atoms with Crippen LogP contribution in [0.15, 0.2) is 0 Å². The van der Waals surface area contributed by atoms with E-state index in [0.717, 1.165) is 51.6 Å². The lowest BCUT2D eigenvalue weighted by atomic mass is 9.82. The van der Waals surface area contributed by atoms with E-state index in [0.29, 0.717) is 11.8 Å². The van der Waals surface area contributed by atoms with Crippen LogP contribution >= 0.6 is 0 Å². The molecule has 2 atom stereocenters. The molecule has 1 aliphatic carbocycles. The molecule has 1 saturated carbocycles. The fraction of sp³-hybridized carbons (Fsp3) is 0.833. The molecule has 2 heterocycles. The van der Waals surface area contributed by atoms with E-state index in [1.165, 1.54) is 4.90 Å². The quantitative estimate of drug-likeness (QED) is 0.803. The lowest BCUT2D eigenvalue weighted by Crippen LogP contribution is -2.48. The number of hydrogen-bond donors (Lipinski definition) is 1. The van der Waals surface area contributed by atoms with Gasteiger partial charge in [0.2, 0.25) is 5.91 Å². The first-order chi connectivity index (χ1) is 11.4. The van der Waals surface area contributed by atoms with Gasteiger partial charge < -0.3 is 10.2 Å². The summed E-state index contributed by atoms with van der Waals surface area (Å²) in [5.74, 6) is 0.957. The van der Waals surface area contributed by atoms with Crippen LogP contribution in [0.3, 0.4) is 0 Å². The number of rotatable bonds is 3. The SMILES string of the molecule is C[C@@H]1C[C@@H](C)CN(C(=O)CCN2C(=O)NC3(CCCCC3)C2=O)C1. The fourth-order valence-electron chi connectivity index (χ4n) is 4.61. The molecule has 6 heteroatoms. The van der Waals surface area contributed by atoms with Crippen LogP contribution in [0, 0.1) is 11.8 Å². The molecule has 2 saturated heterocycles. The summed E-state index contributed by atoms with van der Waals surface area (Å²) in [7, 11) is 0. The second-order valence-corrected chi connectivity index (χ2v) is 8.02. The number of nitrogens with one attached hydrogen (secondary N) is 1. The molecule has 4 amide bonds. The van der Waals surface area contributed by atoms with Crippen LogP contribution < -0.4 is 5.32 Å². The van der Waals surface area contributed by atoms with Crippen LogP contribution in [0.5, 0.6) is 0 Å². The number of amides is 4. The van der Waals surface area contributed by atoms with E-state index in [1.807, 2.05) is 4.90 Å². The van der Waals surface area contributed by atoms with Gasteiger partial charge in [0.1, 0.15) is 5.54 Å². The maximum Gasteiger partial charge on any atom is 0.325 e. The minimum absolute atomic E-state index is 0.0543. The zero-order valence-corrected chi connectivity index (χ0v) is 14.8. The van der Waals surface area contributed by atoms with Gasteiger partial charge in [-0.3, -0.25) is 14.5 Å². The number of likely N-dealkylation sites (tertiary alicyclic amines) is 1. The van der Waals surface area contributed by atoms with Crippen molar-refractivity contribution in [2.24, 2.45) is 11.8 Å². The van der Waals surface area contributed by atoms with Crippen molar-refractivity contribution in [3.63, 3.8) is 0 Å². The number of carbonyl (C=O) groups excluding carboxylic acids is 3. The molecule has 3 rings (SSSR count). The third-order valence-corrected chi connectivity index (χ3v) is 5.72. The molecule has 0 aromatic heterocycles. The van der Waals surface area contributed by atoms with Crippen LogP contribution in [0.2, 0.25) is 0 Å². The zero-order chi connectivity index (χ0) is 17.3. The number of nitrogens with zero attached hydrogens (tertiary/aromatic N) is 2. The Hall–Kier alpha value is -1.59. The highest BCUT2D eigenvalue weighted by Crippen LogP contribution is 2.33. The Morgan fingerprint density at radius 3 is 2.38 bits per heavy atom. The van der Waals surface area contributed by atoms with E-state index < -0.39 is 5.54 Å². The third kappa shape index (κ3) is 3.28. The first-order valence-electron chi connectivity index (χ1n) is 9.33. The van der Waals surface area contributed by atoms with Crippen molar-refractivity contribution in [2.45, 2.75) is 64.3 Å². The van der Waals surface area contributed by atoms with Crippen LogP contribution in [0.25, 0.3) is 0 Å². The van der Waals surface area contributed by atoms with Crippen molar-refractivity contribution in [3.8, 4) is 0 Å². The van der Waals surface area contributed by atoms with Gasteiger partial charge in [-0.05, 0) is 31.1 Å². The maximum atomic E-state index is 12.7. The van der Waals surface area contributed by atoms with Crippen molar-refractivity contribution in [2.75, 3.05) is 19.6 Å². The number of urea groups is 1. The molecule has 0 aromatic carbocycles. The summed E-state index contributed by atoms with van der Waals surface area (Å²) in [5.41, 5.74) is -0.688. The Bertz CT molecular complexity index is 518. The monoisotopic (exact) mass is 335 g/mol. The first kappa shape index (κ1) is 17.2. The van der Waals surface area contributed by atoms with Crippen molar-refractivity contribution in [1.29, 1.82) is 0 Å². The molecule has 2 aliphatic heterocycles. The van der Waals surface area contributed by atoms with Gasteiger partial charge in [-0.15, -0.1) is 0 Å². The van der Waals surface area contributed by atoms with Crippen LogP contribution in [-0.2, 0) is 9.59 Å². The van der Waals surface area contributed by atoms with Crippen LogP contribution in [0.1, 0.15) is 58.8 Å². The fourth-order valence-corrected chi connectivity index (χ4v) is 4.61. The molecule has 1 N–H and O–H groups in total. The highest BCUT2D eigenvalue weighted by Gasteiger charge is 2.51. The van der Waals surface area contributed by atoms with Crippen LogP contribution in [0.4, 0.5) is 4.79 Å². The average molecular weight is 335 g/mol. The molecule has 0 unspecified atom stereocenters. The minimum Gasteiger partial charge on any atom is -0.342 e. The van der Waals surface area contributed by atoms with Gasteiger partial charge in [0.25, 0.3) is 5.91 Å². The predicted octanol–water partition coefficient (Wildman–Crippen LogP) is 2.14. The molecule has 3 fully saturated rings. The summed E-state index contributed by atoms with van der Waals surface area (Å²) in [4.78, 5) is 40.6. The Balaban J connectivity index is 1.57. The van der Waals surface area contributed by atoms with Crippen molar-refractivity contribution in [3.05, 3.63) is 0 Å².